The summed E-state index contributed by atoms with van der Waals surface area (Å²) in [5.74, 6) is -7.24. The Bertz CT molecular complexity index is 1650. The highest BCUT2D eigenvalue weighted by Gasteiger charge is 2.62. The first-order valence-electron chi connectivity index (χ1n) is 21.2. The summed E-state index contributed by atoms with van der Waals surface area (Å²) in [6, 6.07) is -3.59. The molecule has 0 radical (unpaired) electrons. The van der Waals surface area contributed by atoms with E-state index in [0.29, 0.717) is 0 Å². The van der Waals surface area contributed by atoms with E-state index in [1.807, 2.05) is 0 Å². The van der Waals surface area contributed by atoms with Crippen LogP contribution in [0.1, 0.15) is 20.3 Å². The fraction of sp³-hybridized carbons (Fsp3) is 0.919. The monoisotopic (exact) mass is 998 g/mol. The minimum atomic E-state index is -3.32. The van der Waals surface area contributed by atoms with Crippen LogP contribution in [0.15, 0.2) is 0 Å². The lowest BCUT2D eigenvalue weighted by Crippen LogP contribution is -2.72. The predicted octanol–water partition coefficient (Wildman–Crippen LogP) is -12.4. The number of amides is 2. The molecule has 5 heterocycles. The van der Waals surface area contributed by atoms with Crippen molar-refractivity contribution >= 4 is 17.8 Å². The molecule has 5 saturated heterocycles. The van der Waals surface area contributed by atoms with Crippen LogP contribution in [-0.2, 0) is 57.0 Å². The van der Waals surface area contributed by atoms with Gasteiger partial charge in [0, 0.05) is 20.3 Å². The fourth-order valence-corrected chi connectivity index (χ4v) is 8.53. The Labute approximate surface area is 384 Å². The van der Waals surface area contributed by atoms with Crippen molar-refractivity contribution in [3.8, 4) is 0 Å². The van der Waals surface area contributed by atoms with E-state index < -0.39 is 216 Å². The molecule has 0 aromatic rings. The third-order valence-electron chi connectivity index (χ3n) is 12.1. The maximum absolute atomic E-state index is 13.4. The molecule has 31 nitrogen and oxygen atoms in total. The molecule has 0 bridgehead atoms. The Balaban J connectivity index is 1.61. The maximum atomic E-state index is 13.4. The number of nitrogens with one attached hydrogen (secondary N) is 2. The lowest BCUT2D eigenvalue weighted by atomic mass is 9.88. The normalized spacial score (nSPS) is 46.6. The molecule has 0 aliphatic carbocycles. The molecule has 26 atom stereocenters. The van der Waals surface area contributed by atoms with E-state index in [9.17, 15) is 101 Å². The molecule has 5 rings (SSSR count). The molecule has 68 heavy (non-hydrogen) atoms. The van der Waals surface area contributed by atoms with Crippen molar-refractivity contribution in [2.75, 3.05) is 33.0 Å². The molecule has 5 aliphatic rings. The molecule has 5 fully saturated rings. The Hall–Kier alpha value is -2.59. The average Bonchev–Trinajstić information content (AvgIpc) is 3.29. The molecule has 0 aromatic heterocycles. The number of rotatable bonds is 18. The summed E-state index contributed by atoms with van der Waals surface area (Å²) in [5, 5.41) is 185. The van der Waals surface area contributed by atoms with Crippen molar-refractivity contribution in [3.63, 3.8) is 0 Å². The van der Waals surface area contributed by atoms with Gasteiger partial charge in [-0.2, -0.15) is 0 Å². The Morgan fingerprint density at radius 2 is 1.07 bits per heavy atom. The van der Waals surface area contributed by atoms with E-state index >= 15 is 0 Å². The van der Waals surface area contributed by atoms with Gasteiger partial charge in [-0.15, -0.1) is 0 Å². The van der Waals surface area contributed by atoms with Crippen LogP contribution in [0, 0.1) is 0 Å². The topological polar surface area (TPSA) is 502 Å². The molecule has 0 aromatic carbocycles. The van der Waals surface area contributed by atoms with Crippen LogP contribution >= 0.6 is 0 Å². The summed E-state index contributed by atoms with van der Waals surface area (Å²) in [5.41, 5.74) is 0. The van der Waals surface area contributed by atoms with Crippen LogP contribution in [0.2, 0.25) is 0 Å². The number of ether oxygens (including phenoxy) is 9. The van der Waals surface area contributed by atoms with Crippen LogP contribution in [0.4, 0.5) is 0 Å². The van der Waals surface area contributed by atoms with Crippen LogP contribution in [0.5, 0.6) is 0 Å². The second-order valence-corrected chi connectivity index (χ2v) is 16.8. The van der Waals surface area contributed by atoms with Gasteiger partial charge in [0.15, 0.2) is 25.2 Å². The SMILES string of the molecule is CC(=O)N[C@H]1[C@@H](O[C@@H]2[C@H](O[C@]3(C(=O)O)C[C@H](O)[C@@H](NC(C)=O)[C@H]([C@H](O)[C@H](O)CO)O3)[C@@H](O)[C@H](O[C@H]3[C@H](O)[C@@H](O)C(O)O[C@@H]3CO)O[C@@H]2CO)O[C@H](CO)[C@H](O)[C@@H]1O[C@@H]1O[C@H](CO)[C@H](O)[C@H](O)[C@H]1O. The van der Waals surface area contributed by atoms with Crippen molar-refractivity contribution in [3.05, 3.63) is 0 Å². The Morgan fingerprint density at radius 1 is 0.574 bits per heavy atom. The summed E-state index contributed by atoms with van der Waals surface area (Å²) in [4.78, 5) is 38.3. The standard InChI is InChI=1S/C37H62N2O29/c1-9(45)38-17-11(47)3-37(36(58)59,67-30(17)19(49)12(48)4-40)68-31-26(56)35(64-27-15(7-43)60-32(57)24(54)23(27)53)63-16(8-44)28(31)65-33-18(39-10(2)46)29(21(51)14(6-42)61-33)66-34-25(55)22(52)20(50)13(5-41)62-34/h11-35,40-44,47-57H,3-8H2,1-2H3,(H,38,45)(H,39,46)(H,58,59)/t11-,12+,13+,14+,15+,16+,17+,18+,19+,20-,21-,22-,23+,24+,25+,26+,27+,28-,29+,30+,31+,32?,33+,34-,35-,37-/m0/s1. The molecular formula is C37H62N2O29. The van der Waals surface area contributed by atoms with Gasteiger partial charge in [-0.25, -0.2) is 4.79 Å². The molecule has 394 valence electrons. The van der Waals surface area contributed by atoms with E-state index in [0.717, 1.165) is 13.8 Å². The smallest absolute Gasteiger partial charge is 0.364 e. The zero-order valence-corrected chi connectivity index (χ0v) is 36.2. The van der Waals surface area contributed by atoms with Crippen molar-refractivity contribution in [1.82, 2.24) is 10.6 Å². The highest BCUT2D eigenvalue weighted by atomic mass is 16.8. The number of aliphatic hydroxyl groups excluding tert-OH is 16. The number of hydrogen-bond acceptors (Lipinski definition) is 28. The Morgan fingerprint density at radius 3 is 1.63 bits per heavy atom. The molecule has 1 unspecified atom stereocenters. The number of carboxylic acids is 1. The highest BCUT2D eigenvalue weighted by molar-refractivity contribution is 5.76. The van der Waals surface area contributed by atoms with Gasteiger partial charge in [0.2, 0.25) is 11.8 Å². The van der Waals surface area contributed by atoms with Gasteiger partial charge in [0.05, 0.1) is 45.2 Å². The fourth-order valence-electron chi connectivity index (χ4n) is 8.53. The minimum absolute atomic E-state index is 0.856. The van der Waals surface area contributed by atoms with E-state index in [2.05, 4.69) is 10.6 Å². The molecule has 0 spiro atoms. The van der Waals surface area contributed by atoms with Gasteiger partial charge in [0.1, 0.15) is 116 Å². The number of carboxylic acid groups (broad SMARTS) is 1. The lowest BCUT2D eigenvalue weighted by molar-refractivity contribution is -0.402. The quantitative estimate of drug-likeness (QED) is 0.0606. The van der Waals surface area contributed by atoms with Gasteiger partial charge >= 0.3 is 5.97 Å². The first-order chi connectivity index (χ1) is 32.0. The van der Waals surface area contributed by atoms with Crippen LogP contribution in [0.25, 0.3) is 0 Å². The number of aliphatic carboxylic acids is 1. The van der Waals surface area contributed by atoms with Crippen LogP contribution in [0.3, 0.4) is 0 Å². The maximum Gasteiger partial charge on any atom is 0.364 e. The van der Waals surface area contributed by atoms with Gasteiger partial charge in [-0.05, 0) is 0 Å². The second kappa shape index (κ2) is 23.8. The zero-order valence-electron chi connectivity index (χ0n) is 36.2. The number of carbonyl (C=O) groups excluding carboxylic acids is 2. The van der Waals surface area contributed by atoms with Gasteiger partial charge in [-0.1, -0.05) is 0 Å². The largest absolute Gasteiger partial charge is 0.477 e. The first-order valence-corrected chi connectivity index (χ1v) is 21.2. The van der Waals surface area contributed by atoms with Crippen LogP contribution < -0.4 is 10.6 Å². The zero-order chi connectivity index (χ0) is 50.7. The predicted molar refractivity (Wildman–Crippen MR) is 207 cm³/mol. The van der Waals surface area contributed by atoms with E-state index in [1.165, 1.54) is 0 Å². The molecule has 31 heteroatoms. The second-order valence-electron chi connectivity index (χ2n) is 16.8. The first kappa shape index (κ1) is 56.3. The third-order valence-corrected chi connectivity index (χ3v) is 12.1. The number of carbonyl (C=O) groups is 3. The number of hydrogen-bond donors (Lipinski definition) is 19. The van der Waals surface area contributed by atoms with E-state index in [-0.39, 0.29) is 0 Å². The Kier molecular flexibility index (Phi) is 19.7. The third kappa shape index (κ3) is 11.8. The summed E-state index contributed by atoms with van der Waals surface area (Å²) < 4.78 is 51.6. The van der Waals surface area contributed by atoms with Crippen molar-refractivity contribution in [2.45, 2.75) is 179 Å². The van der Waals surface area contributed by atoms with E-state index in [1.54, 1.807) is 0 Å². The van der Waals surface area contributed by atoms with Gasteiger partial charge in [0.25, 0.3) is 5.79 Å². The minimum Gasteiger partial charge on any atom is -0.477 e. The summed E-state index contributed by atoms with van der Waals surface area (Å²) in [6.07, 6.45) is -48.5. The highest BCUT2D eigenvalue weighted by Crippen LogP contribution is 2.40. The van der Waals surface area contributed by atoms with Gasteiger partial charge < -0.3 is 140 Å². The molecule has 0 saturated carbocycles. The molecule has 5 aliphatic heterocycles. The summed E-state index contributed by atoms with van der Waals surface area (Å²) in [6.45, 7) is -3.48. The van der Waals surface area contributed by atoms with Crippen molar-refractivity contribution < 1.29 is 144 Å². The summed E-state index contributed by atoms with van der Waals surface area (Å²) >= 11 is 0. The average molecular weight is 999 g/mol. The number of aliphatic hydroxyl groups is 16. The van der Waals surface area contributed by atoms with Crippen LogP contribution in [-0.4, -0.2) is 297 Å². The van der Waals surface area contributed by atoms with Crippen molar-refractivity contribution in [2.24, 2.45) is 0 Å². The molecular weight excluding hydrogens is 936 g/mol. The summed E-state index contributed by atoms with van der Waals surface area (Å²) in [7, 11) is 0. The van der Waals surface area contributed by atoms with Gasteiger partial charge in [-0.3, -0.25) is 9.59 Å². The molecule has 19 N–H and O–H groups in total. The van der Waals surface area contributed by atoms with E-state index in [4.69, 9.17) is 42.6 Å². The molecule has 2 amide bonds. The lowest BCUT2D eigenvalue weighted by Gasteiger charge is -2.52. The van der Waals surface area contributed by atoms with Crippen molar-refractivity contribution in [1.29, 1.82) is 0 Å².